The summed E-state index contributed by atoms with van der Waals surface area (Å²) in [6.45, 7) is 11.6. The molecule has 0 saturated carbocycles. The third kappa shape index (κ3) is 11.3. The number of fused-ring (bicyclic) bond motifs is 2. The number of hydrogen-bond donors (Lipinski definition) is 2. The highest BCUT2D eigenvalue weighted by atomic mass is 19.1. The van der Waals surface area contributed by atoms with Crippen LogP contribution in [0.25, 0.3) is 10.8 Å². The molecule has 4 fully saturated rings. The zero-order valence-corrected chi connectivity index (χ0v) is 41.7. The fourth-order valence-corrected chi connectivity index (χ4v) is 11.5. The molecule has 5 aliphatic rings. The Bertz CT molecular complexity index is 3030. The number of anilines is 3. The lowest BCUT2D eigenvalue weighted by atomic mass is 9.90. The van der Waals surface area contributed by atoms with Crippen LogP contribution in [-0.2, 0) is 29.1 Å². The summed E-state index contributed by atoms with van der Waals surface area (Å²) in [5.41, 5.74) is 6.38. The topological polar surface area (TPSA) is 183 Å². The van der Waals surface area contributed by atoms with Crippen LogP contribution in [0.5, 0.6) is 0 Å². The van der Waals surface area contributed by atoms with Crippen molar-refractivity contribution in [3.63, 3.8) is 0 Å². The number of carbonyl (C=O) groups excluding carboxylic acids is 3. The number of halogens is 1. The standard InChI is InChI=1S/C55H63FN14O4/c56-48-11-10-39(26-49-45-8-1-2-9-46(45)54(73)63-61-49)25-47(48)55(74)69-23-21-68(22-24-69)52(71)35-64-15-12-38(13-16-64)31-65-17-19-67(20-18-65)44-28-51(62-59-30-44)60-43-7-3-5-40(27-43)41-6-4-14-70(33-41)53(72)36-66-32-42-29-57-37-58-50(42)34-66/h1-3,5,7-11,25,27-30,37-38,41H,4,6,12-24,26,31-36H2,(H,60,62)(H,63,73)/t41-/m1/s1. The van der Waals surface area contributed by atoms with Crippen LogP contribution in [0.3, 0.4) is 0 Å². The molecule has 74 heavy (non-hydrogen) atoms. The first kappa shape index (κ1) is 49.0. The van der Waals surface area contributed by atoms with Crippen molar-refractivity contribution in [2.45, 2.75) is 51.1 Å². The maximum Gasteiger partial charge on any atom is 0.272 e. The number of aromatic amines is 1. The van der Waals surface area contributed by atoms with E-state index in [9.17, 15) is 19.2 Å². The molecule has 384 valence electrons. The zero-order valence-electron chi connectivity index (χ0n) is 41.7. The predicted octanol–water partition coefficient (Wildman–Crippen LogP) is 4.52. The van der Waals surface area contributed by atoms with Crippen molar-refractivity contribution in [3.8, 4) is 0 Å². The molecule has 2 N–H and O–H groups in total. The Labute approximate surface area is 429 Å². The second-order valence-corrected chi connectivity index (χ2v) is 20.6. The summed E-state index contributed by atoms with van der Waals surface area (Å²) in [5.74, 6) is 0.773. The SMILES string of the molecule is O=C(CN1CCC(CN2CCN(c3cnnc(Nc4cccc([C@@H]5CCCN(C(=O)CN6Cc7cncnc7C6)C5)c4)c3)CC2)CC1)N1CCN(C(=O)c2cc(Cc3n[nH]c(=O)c4ccccc34)ccc2F)CC1. The second kappa shape index (κ2) is 22.1. The first-order valence-corrected chi connectivity index (χ1v) is 26.1. The van der Waals surface area contributed by atoms with E-state index in [1.54, 1.807) is 35.5 Å². The average molecular weight is 1000 g/mol. The molecule has 6 aromatic rings. The number of carbonyl (C=O) groups is 3. The van der Waals surface area contributed by atoms with Gasteiger partial charge in [0.1, 0.15) is 12.1 Å². The van der Waals surface area contributed by atoms with E-state index in [1.165, 1.54) is 11.6 Å². The lowest BCUT2D eigenvalue weighted by molar-refractivity contribution is -0.134. The number of benzene rings is 3. The van der Waals surface area contributed by atoms with E-state index in [-0.39, 0.29) is 28.9 Å². The van der Waals surface area contributed by atoms with Crippen molar-refractivity contribution in [2.75, 3.05) is 108 Å². The lowest BCUT2D eigenvalue weighted by Crippen LogP contribution is -2.53. The van der Waals surface area contributed by atoms with Crippen molar-refractivity contribution >= 4 is 45.7 Å². The highest BCUT2D eigenvalue weighted by Crippen LogP contribution is 2.31. The van der Waals surface area contributed by atoms with E-state index < -0.39 is 11.7 Å². The van der Waals surface area contributed by atoms with Gasteiger partial charge in [-0.2, -0.15) is 10.2 Å². The number of hydrogen-bond acceptors (Lipinski definition) is 14. The summed E-state index contributed by atoms with van der Waals surface area (Å²) in [7, 11) is 0. The first-order chi connectivity index (χ1) is 36.1. The minimum atomic E-state index is -0.594. The second-order valence-electron chi connectivity index (χ2n) is 20.6. The smallest absolute Gasteiger partial charge is 0.272 e. The number of likely N-dealkylation sites (tertiary alicyclic amines) is 2. The van der Waals surface area contributed by atoms with Gasteiger partial charge in [0, 0.05) is 126 Å². The number of aromatic nitrogens is 6. The normalized spacial score (nSPS) is 19.2. The first-order valence-electron chi connectivity index (χ1n) is 26.1. The average Bonchev–Trinajstić information content (AvgIpc) is 3.85. The molecule has 5 aliphatic heterocycles. The quantitative estimate of drug-likeness (QED) is 0.165. The molecule has 0 aliphatic carbocycles. The summed E-state index contributed by atoms with van der Waals surface area (Å²) >= 11 is 0. The number of nitrogens with zero attached hydrogens (tertiary/aromatic N) is 12. The van der Waals surface area contributed by atoms with Gasteiger partial charge in [0.2, 0.25) is 11.8 Å². The highest BCUT2D eigenvalue weighted by Gasteiger charge is 2.31. The van der Waals surface area contributed by atoms with Gasteiger partial charge in [-0.15, -0.1) is 5.10 Å². The Morgan fingerprint density at radius 3 is 2.34 bits per heavy atom. The lowest BCUT2D eigenvalue weighted by Gasteiger charge is -2.40. The van der Waals surface area contributed by atoms with Crippen LogP contribution in [0.15, 0.2) is 96.3 Å². The van der Waals surface area contributed by atoms with Gasteiger partial charge in [0.25, 0.3) is 11.5 Å². The van der Waals surface area contributed by atoms with Crippen molar-refractivity contribution in [1.82, 2.24) is 59.8 Å². The molecule has 11 rings (SSSR count). The maximum absolute atomic E-state index is 15.1. The van der Waals surface area contributed by atoms with Gasteiger partial charge in [-0.25, -0.2) is 19.5 Å². The van der Waals surface area contributed by atoms with Gasteiger partial charge in [0.05, 0.1) is 47.3 Å². The number of rotatable bonds is 13. The van der Waals surface area contributed by atoms with Gasteiger partial charge in [-0.1, -0.05) is 36.4 Å². The molecule has 3 aromatic carbocycles. The number of amides is 3. The Kier molecular flexibility index (Phi) is 14.6. The fraction of sp³-hybridized carbons (Fsp3) is 0.436. The van der Waals surface area contributed by atoms with E-state index in [2.05, 4.69) is 85.6 Å². The van der Waals surface area contributed by atoms with Crippen LogP contribution >= 0.6 is 0 Å². The third-order valence-electron chi connectivity index (χ3n) is 15.7. The third-order valence-corrected chi connectivity index (χ3v) is 15.7. The summed E-state index contributed by atoms with van der Waals surface area (Å²) in [6, 6.07) is 22.3. The molecular weight excluding hydrogens is 940 g/mol. The summed E-state index contributed by atoms with van der Waals surface area (Å²) < 4.78 is 15.1. The zero-order chi connectivity index (χ0) is 50.5. The van der Waals surface area contributed by atoms with E-state index in [0.717, 1.165) is 101 Å². The van der Waals surface area contributed by atoms with Crippen LogP contribution in [0.1, 0.15) is 70.0 Å². The Hall–Kier alpha value is -7.22. The van der Waals surface area contributed by atoms with Gasteiger partial charge >= 0.3 is 0 Å². The van der Waals surface area contributed by atoms with Gasteiger partial charge in [-0.3, -0.25) is 33.9 Å². The molecule has 19 heteroatoms. The van der Waals surface area contributed by atoms with Crippen molar-refractivity contribution in [3.05, 3.63) is 141 Å². The van der Waals surface area contributed by atoms with Crippen LogP contribution in [-0.4, -0.2) is 176 Å². The van der Waals surface area contributed by atoms with Crippen LogP contribution in [0.4, 0.5) is 21.6 Å². The van der Waals surface area contributed by atoms with Gasteiger partial charge in [0.15, 0.2) is 5.82 Å². The summed E-state index contributed by atoms with van der Waals surface area (Å²) in [6.07, 6.45) is 9.69. The van der Waals surface area contributed by atoms with E-state index >= 15 is 4.39 Å². The van der Waals surface area contributed by atoms with Gasteiger partial charge in [-0.05, 0) is 86.1 Å². The monoisotopic (exact) mass is 1000 g/mol. The number of piperidine rings is 2. The minimum absolute atomic E-state index is 0.00989. The predicted molar refractivity (Wildman–Crippen MR) is 278 cm³/mol. The summed E-state index contributed by atoms with van der Waals surface area (Å²) in [4.78, 5) is 76.1. The van der Waals surface area contributed by atoms with Crippen LogP contribution in [0, 0.1) is 11.7 Å². The maximum atomic E-state index is 15.1. The molecular formula is C55H63FN14O4. The Balaban J connectivity index is 0.594. The van der Waals surface area contributed by atoms with Crippen LogP contribution < -0.4 is 15.8 Å². The minimum Gasteiger partial charge on any atom is -0.368 e. The molecule has 3 amide bonds. The largest absolute Gasteiger partial charge is 0.368 e. The van der Waals surface area contributed by atoms with E-state index in [1.807, 2.05) is 34.3 Å². The molecule has 0 unspecified atom stereocenters. The molecule has 4 saturated heterocycles. The molecule has 8 heterocycles. The number of H-pyrrole nitrogens is 1. The molecule has 0 radical (unpaired) electrons. The van der Waals surface area contributed by atoms with Crippen molar-refractivity contribution in [2.24, 2.45) is 5.92 Å². The summed E-state index contributed by atoms with van der Waals surface area (Å²) in [5, 5.41) is 20.3. The van der Waals surface area contributed by atoms with Crippen molar-refractivity contribution < 1.29 is 18.8 Å². The molecule has 0 spiro atoms. The number of nitrogens with one attached hydrogen (secondary N) is 2. The van der Waals surface area contributed by atoms with Crippen LogP contribution in [0.2, 0.25) is 0 Å². The van der Waals surface area contributed by atoms with E-state index in [0.29, 0.717) is 99.1 Å². The fourth-order valence-electron chi connectivity index (χ4n) is 11.5. The number of piperazine rings is 2. The molecule has 1 atom stereocenters. The highest BCUT2D eigenvalue weighted by molar-refractivity contribution is 5.95. The van der Waals surface area contributed by atoms with Crippen molar-refractivity contribution in [1.29, 1.82) is 0 Å². The Morgan fingerprint density at radius 1 is 0.730 bits per heavy atom. The molecule has 3 aromatic heterocycles. The molecule has 0 bridgehead atoms. The van der Waals surface area contributed by atoms with E-state index in [4.69, 9.17) is 0 Å². The Morgan fingerprint density at radius 2 is 1.51 bits per heavy atom. The molecule has 18 nitrogen and oxygen atoms in total. The van der Waals surface area contributed by atoms with Gasteiger partial charge < -0.3 is 24.9 Å².